The van der Waals surface area contributed by atoms with Gasteiger partial charge in [-0.2, -0.15) is 0 Å². The number of nitrogens with two attached hydrogens (primary N) is 1. The number of nitrogens with zero attached hydrogens (tertiary/aromatic N) is 1. The third-order valence-electron chi connectivity index (χ3n) is 3.80. The van der Waals surface area contributed by atoms with Crippen molar-refractivity contribution in [1.82, 2.24) is 0 Å². The first-order chi connectivity index (χ1) is 13.9. The highest BCUT2D eigenvalue weighted by Crippen LogP contribution is 2.49. The standard InChI is InChI=1S/C20H23N2O6P/c1-3-26-29(25,27-4-2)19(18(21)23)22-28-20(24)17(15-11-7-5-8-12-15)16-13-9-6-10-14-16/h5-14,17H,3-4H2,1-2H3,(H2,21,23)/b22-19+. The van der Waals surface area contributed by atoms with Crippen molar-refractivity contribution in [2.45, 2.75) is 19.8 Å². The van der Waals surface area contributed by atoms with Crippen molar-refractivity contribution in [2.24, 2.45) is 10.9 Å². The summed E-state index contributed by atoms with van der Waals surface area (Å²) in [5.41, 5.74) is 5.83. The normalized spacial score (nSPS) is 12.0. The Balaban J connectivity index is 2.39. The van der Waals surface area contributed by atoms with E-state index in [1.54, 1.807) is 62.4 Å². The summed E-state index contributed by atoms with van der Waals surface area (Å²) < 4.78 is 22.9. The molecule has 0 radical (unpaired) electrons. The van der Waals surface area contributed by atoms with E-state index >= 15 is 0 Å². The molecule has 9 heteroatoms. The minimum Gasteiger partial charge on any atom is -0.364 e. The second kappa shape index (κ2) is 10.7. The van der Waals surface area contributed by atoms with Crippen LogP contribution >= 0.6 is 7.60 Å². The van der Waals surface area contributed by atoms with Gasteiger partial charge in [-0.25, -0.2) is 4.79 Å². The van der Waals surface area contributed by atoms with Crippen LogP contribution in [0.2, 0.25) is 0 Å². The van der Waals surface area contributed by atoms with Crippen molar-refractivity contribution in [3.8, 4) is 0 Å². The SMILES string of the molecule is CCOP(=O)(OCC)/C(=N/OC(=O)C(c1ccccc1)c1ccccc1)C(N)=O. The maximum absolute atomic E-state index is 12.9. The monoisotopic (exact) mass is 418 g/mol. The molecule has 0 saturated carbocycles. The summed E-state index contributed by atoms with van der Waals surface area (Å²) in [6.45, 7) is 3.09. The van der Waals surface area contributed by atoms with Crippen LogP contribution in [0, 0.1) is 0 Å². The summed E-state index contributed by atoms with van der Waals surface area (Å²) in [4.78, 5) is 29.6. The van der Waals surface area contributed by atoms with Gasteiger partial charge >= 0.3 is 13.6 Å². The Morgan fingerprint density at radius 2 is 1.38 bits per heavy atom. The first-order valence-electron chi connectivity index (χ1n) is 9.01. The average Bonchev–Trinajstić information content (AvgIpc) is 2.70. The molecule has 0 aromatic heterocycles. The second-order valence-electron chi connectivity index (χ2n) is 5.78. The number of carbonyl (C=O) groups excluding carboxylic acids is 2. The van der Waals surface area contributed by atoms with Crippen LogP contribution in [0.25, 0.3) is 0 Å². The largest absolute Gasteiger partial charge is 0.388 e. The quantitative estimate of drug-likeness (QED) is 0.273. The van der Waals surface area contributed by atoms with Crippen LogP contribution in [-0.4, -0.2) is 30.5 Å². The van der Waals surface area contributed by atoms with Crippen molar-refractivity contribution in [2.75, 3.05) is 13.2 Å². The highest BCUT2D eigenvalue weighted by Gasteiger charge is 2.37. The highest BCUT2D eigenvalue weighted by atomic mass is 31.2. The van der Waals surface area contributed by atoms with Crippen LogP contribution in [-0.2, 0) is 28.0 Å². The van der Waals surface area contributed by atoms with Gasteiger partial charge in [-0.1, -0.05) is 65.8 Å². The molecule has 0 spiro atoms. The minimum atomic E-state index is -4.12. The third kappa shape index (κ3) is 5.84. The smallest absolute Gasteiger partial charge is 0.364 e. The fourth-order valence-electron chi connectivity index (χ4n) is 2.63. The summed E-state index contributed by atoms with van der Waals surface area (Å²) in [6, 6.07) is 17.9. The number of primary amides is 1. The summed E-state index contributed by atoms with van der Waals surface area (Å²) in [7, 11) is -4.12. The predicted octanol–water partition coefficient (Wildman–Crippen LogP) is 3.43. The Morgan fingerprint density at radius 3 is 1.76 bits per heavy atom. The third-order valence-corrected chi connectivity index (χ3v) is 5.82. The van der Waals surface area contributed by atoms with Crippen molar-refractivity contribution < 1.29 is 28.0 Å². The molecular weight excluding hydrogens is 395 g/mol. The summed E-state index contributed by atoms with van der Waals surface area (Å²) in [6.07, 6.45) is 0. The molecule has 2 rings (SSSR count). The van der Waals surface area contributed by atoms with Crippen LogP contribution in [0.15, 0.2) is 65.8 Å². The second-order valence-corrected chi connectivity index (χ2v) is 7.71. The zero-order chi connectivity index (χ0) is 21.3. The number of hydrogen-bond acceptors (Lipinski definition) is 7. The molecule has 0 saturated heterocycles. The van der Waals surface area contributed by atoms with E-state index in [-0.39, 0.29) is 13.2 Å². The van der Waals surface area contributed by atoms with Crippen LogP contribution < -0.4 is 5.73 Å². The lowest BCUT2D eigenvalue weighted by atomic mass is 9.91. The highest BCUT2D eigenvalue weighted by molar-refractivity contribution is 7.75. The van der Waals surface area contributed by atoms with Gasteiger partial charge in [0.1, 0.15) is 5.92 Å². The number of oxime groups is 1. The van der Waals surface area contributed by atoms with Gasteiger partial charge in [-0.15, -0.1) is 0 Å². The molecule has 2 aromatic carbocycles. The Labute approximate surface area is 169 Å². The first kappa shape index (κ1) is 22.5. The lowest BCUT2D eigenvalue weighted by molar-refractivity contribution is -0.144. The molecule has 0 heterocycles. The Bertz CT molecular complexity index is 852. The van der Waals surface area contributed by atoms with Crippen molar-refractivity contribution in [1.29, 1.82) is 0 Å². The number of rotatable bonds is 10. The molecule has 0 bridgehead atoms. The Hall–Kier alpha value is -2.80. The fraction of sp³-hybridized carbons (Fsp3) is 0.250. The van der Waals surface area contributed by atoms with Gasteiger partial charge in [0.25, 0.3) is 11.4 Å². The van der Waals surface area contributed by atoms with Crippen molar-refractivity contribution >= 4 is 24.9 Å². The van der Waals surface area contributed by atoms with E-state index in [4.69, 9.17) is 19.6 Å². The Morgan fingerprint density at radius 1 is 0.931 bits per heavy atom. The van der Waals surface area contributed by atoms with E-state index in [9.17, 15) is 14.2 Å². The van der Waals surface area contributed by atoms with Gasteiger partial charge in [0.15, 0.2) is 0 Å². The number of benzene rings is 2. The molecule has 0 aliphatic carbocycles. The van der Waals surface area contributed by atoms with Gasteiger partial charge in [0.2, 0.25) is 0 Å². The van der Waals surface area contributed by atoms with E-state index < -0.39 is 30.8 Å². The zero-order valence-electron chi connectivity index (χ0n) is 16.2. The molecule has 0 aliphatic rings. The summed E-state index contributed by atoms with van der Waals surface area (Å²) in [5, 5.41) is 3.48. The lowest BCUT2D eigenvalue weighted by Gasteiger charge is -2.17. The molecule has 0 fully saturated rings. The topological polar surface area (TPSA) is 117 Å². The van der Waals surface area contributed by atoms with Gasteiger partial charge in [-0.3, -0.25) is 9.36 Å². The molecule has 0 atom stereocenters. The average molecular weight is 418 g/mol. The Kier molecular flexibility index (Phi) is 8.27. The van der Waals surface area contributed by atoms with Gasteiger partial charge < -0.3 is 19.6 Å². The molecule has 2 N–H and O–H groups in total. The molecule has 2 aromatic rings. The van der Waals surface area contributed by atoms with E-state index in [1.165, 1.54) is 0 Å². The number of hydrogen-bond donors (Lipinski definition) is 1. The van der Waals surface area contributed by atoms with E-state index in [0.717, 1.165) is 0 Å². The van der Waals surface area contributed by atoms with Crippen molar-refractivity contribution in [3.05, 3.63) is 71.8 Å². The molecular formula is C20H23N2O6P. The van der Waals surface area contributed by atoms with E-state index in [0.29, 0.717) is 11.1 Å². The maximum atomic E-state index is 12.9. The number of carbonyl (C=O) groups is 2. The first-order valence-corrected chi connectivity index (χ1v) is 10.6. The molecule has 0 aliphatic heterocycles. The zero-order valence-corrected chi connectivity index (χ0v) is 17.1. The fourth-order valence-corrected chi connectivity index (χ4v) is 4.04. The summed E-state index contributed by atoms with van der Waals surface area (Å²) in [5.74, 6) is -2.76. The molecule has 1 amide bonds. The van der Waals surface area contributed by atoms with E-state index in [1.807, 2.05) is 12.1 Å². The maximum Gasteiger partial charge on any atom is 0.388 e. The molecule has 29 heavy (non-hydrogen) atoms. The predicted molar refractivity (Wildman–Crippen MR) is 108 cm³/mol. The van der Waals surface area contributed by atoms with Crippen LogP contribution in [0.3, 0.4) is 0 Å². The van der Waals surface area contributed by atoms with E-state index in [2.05, 4.69) is 5.16 Å². The molecule has 0 unspecified atom stereocenters. The van der Waals surface area contributed by atoms with Gasteiger partial charge in [-0.05, 0) is 25.0 Å². The lowest BCUT2D eigenvalue weighted by Crippen LogP contribution is -2.26. The summed E-state index contributed by atoms with van der Waals surface area (Å²) >= 11 is 0. The van der Waals surface area contributed by atoms with Crippen LogP contribution in [0.4, 0.5) is 0 Å². The van der Waals surface area contributed by atoms with Crippen molar-refractivity contribution in [3.63, 3.8) is 0 Å². The van der Waals surface area contributed by atoms with Gasteiger partial charge in [0.05, 0.1) is 13.2 Å². The van der Waals surface area contributed by atoms with Crippen LogP contribution in [0.5, 0.6) is 0 Å². The van der Waals surface area contributed by atoms with Gasteiger partial charge in [0, 0.05) is 0 Å². The number of amides is 1. The minimum absolute atomic E-state index is 0.0197. The molecule has 8 nitrogen and oxygen atoms in total. The molecule has 154 valence electrons. The van der Waals surface area contributed by atoms with Crippen LogP contribution in [0.1, 0.15) is 30.9 Å².